The number of amides is 1. The molecule has 0 aromatic heterocycles. The summed E-state index contributed by atoms with van der Waals surface area (Å²) in [5.74, 6) is 2.49. The number of sulfonamides is 1. The SMILES string of the molecule is C[C@H](COC(=O)NS(=O)(=O)c1ccc(OC(C)(C)C)cc1)[C@H]1CC[C@H]2[C@@H]3[C@H](O)C[C@@H]4C[C@H](O)CC[C@]4(C)[C@H]3CC[C@]12C. The first-order chi connectivity index (χ1) is 19.5. The molecule has 8 nitrogen and oxygen atoms in total. The van der Waals surface area contributed by atoms with E-state index in [2.05, 4.69) is 20.8 Å². The quantitative estimate of drug-likeness (QED) is 0.369. The van der Waals surface area contributed by atoms with Gasteiger partial charge in [0, 0.05) is 0 Å². The molecule has 42 heavy (non-hydrogen) atoms. The third-order valence-electron chi connectivity index (χ3n) is 11.7. The molecular formula is C33H51NO7S. The average molecular weight is 606 g/mol. The van der Waals surface area contributed by atoms with Crippen LogP contribution in [0.15, 0.2) is 29.2 Å². The molecule has 1 aromatic carbocycles. The lowest BCUT2D eigenvalue weighted by molar-refractivity contribution is -0.174. The zero-order chi connectivity index (χ0) is 30.7. The van der Waals surface area contributed by atoms with Gasteiger partial charge in [0.25, 0.3) is 10.0 Å². The molecule has 9 heteroatoms. The van der Waals surface area contributed by atoms with Crippen LogP contribution in [0.3, 0.4) is 0 Å². The monoisotopic (exact) mass is 605 g/mol. The zero-order valence-electron chi connectivity index (χ0n) is 26.1. The minimum atomic E-state index is -4.08. The van der Waals surface area contributed by atoms with Crippen LogP contribution in [0.25, 0.3) is 0 Å². The summed E-state index contributed by atoms with van der Waals surface area (Å²) < 4.78 is 38.9. The number of aliphatic hydroxyl groups excluding tert-OH is 2. The Labute approximate surface area is 252 Å². The molecule has 1 aromatic rings. The predicted molar refractivity (Wildman–Crippen MR) is 160 cm³/mol. The Hall–Kier alpha value is -1.84. The molecule has 0 spiro atoms. The number of carbonyl (C=O) groups excluding carboxylic acids is 1. The zero-order valence-corrected chi connectivity index (χ0v) is 27.0. The van der Waals surface area contributed by atoms with Crippen LogP contribution in [0.2, 0.25) is 0 Å². The molecule has 0 heterocycles. The second kappa shape index (κ2) is 11.3. The Kier molecular flexibility index (Phi) is 8.47. The van der Waals surface area contributed by atoms with Crippen LogP contribution >= 0.6 is 0 Å². The molecule has 0 bridgehead atoms. The van der Waals surface area contributed by atoms with Crippen LogP contribution in [0.4, 0.5) is 4.79 Å². The lowest BCUT2D eigenvalue weighted by Crippen LogP contribution is -2.58. The molecule has 3 N–H and O–H groups in total. The summed E-state index contributed by atoms with van der Waals surface area (Å²) in [6.45, 7) is 12.7. The topological polar surface area (TPSA) is 122 Å². The van der Waals surface area contributed by atoms with E-state index in [1.54, 1.807) is 12.1 Å². The highest BCUT2D eigenvalue weighted by molar-refractivity contribution is 7.90. The second-order valence-corrected chi connectivity index (χ2v) is 17.0. The normalized spacial score (nSPS) is 38.9. The third-order valence-corrected chi connectivity index (χ3v) is 13.0. The highest BCUT2D eigenvalue weighted by atomic mass is 32.2. The minimum absolute atomic E-state index is 0.0360. The Morgan fingerprint density at radius 1 is 1.00 bits per heavy atom. The van der Waals surface area contributed by atoms with Crippen LogP contribution in [0.1, 0.15) is 92.9 Å². The predicted octanol–water partition coefficient (Wildman–Crippen LogP) is 5.91. The van der Waals surface area contributed by atoms with Gasteiger partial charge < -0.3 is 19.7 Å². The van der Waals surface area contributed by atoms with Gasteiger partial charge in [0.15, 0.2) is 0 Å². The van der Waals surface area contributed by atoms with Gasteiger partial charge in [0.05, 0.1) is 23.7 Å². The number of nitrogens with one attached hydrogen (secondary N) is 1. The van der Waals surface area contributed by atoms with Gasteiger partial charge in [-0.25, -0.2) is 17.9 Å². The maximum atomic E-state index is 12.8. The van der Waals surface area contributed by atoms with Gasteiger partial charge >= 0.3 is 6.09 Å². The Morgan fingerprint density at radius 3 is 2.31 bits per heavy atom. The summed E-state index contributed by atoms with van der Waals surface area (Å²) >= 11 is 0. The van der Waals surface area contributed by atoms with Gasteiger partial charge in [0.1, 0.15) is 11.4 Å². The van der Waals surface area contributed by atoms with Gasteiger partial charge in [-0.1, -0.05) is 20.8 Å². The summed E-state index contributed by atoms with van der Waals surface area (Å²) in [7, 11) is -4.08. The Morgan fingerprint density at radius 2 is 1.64 bits per heavy atom. The van der Waals surface area contributed by atoms with Crippen molar-refractivity contribution in [1.29, 1.82) is 0 Å². The van der Waals surface area contributed by atoms with Crippen molar-refractivity contribution in [2.24, 2.45) is 46.3 Å². The molecule has 0 radical (unpaired) electrons. The summed E-state index contributed by atoms with van der Waals surface area (Å²) in [5.41, 5.74) is -0.186. The summed E-state index contributed by atoms with van der Waals surface area (Å²) in [5, 5.41) is 21.8. The molecule has 236 valence electrons. The highest BCUT2D eigenvalue weighted by Gasteiger charge is 2.62. The summed E-state index contributed by atoms with van der Waals surface area (Å²) in [6, 6.07) is 5.96. The molecule has 10 atom stereocenters. The van der Waals surface area contributed by atoms with E-state index in [4.69, 9.17) is 9.47 Å². The van der Waals surface area contributed by atoms with Crippen molar-refractivity contribution in [2.75, 3.05) is 6.61 Å². The van der Waals surface area contributed by atoms with Gasteiger partial charge in [-0.15, -0.1) is 0 Å². The second-order valence-electron chi connectivity index (χ2n) is 15.3. The van der Waals surface area contributed by atoms with Crippen LogP contribution in [-0.4, -0.2) is 49.1 Å². The number of hydrogen-bond acceptors (Lipinski definition) is 7. The Bertz CT molecular complexity index is 1240. The highest BCUT2D eigenvalue weighted by Crippen LogP contribution is 2.68. The maximum Gasteiger partial charge on any atom is 0.421 e. The number of hydrogen-bond donors (Lipinski definition) is 3. The van der Waals surface area contributed by atoms with Crippen molar-refractivity contribution >= 4 is 16.1 Å². The van der Waals surface area contributed by atoms with E-state index in [-0.39, 0.29) is 46.4 Å². The fourth-order valence-corrected chi connectivity index (χ4v) is 10.6. The van der Waals surface area contributed by atoms with E-state index in [1.807, 2.05) is 25.5 Å². The largest absolute Gasteiger partial charge is 0.488 e. The lowest BCUT2D eigenvalue weighted by atomic mass is 9.43. The smallest absolute Gasteiger partial charge is 0.421 e. The summed E-state index contributed by atoms with van der Waals surface area (Å²) in [4.78, 5) is 12.6. The van der Waals surface area contributed by atoms with Crippen molar-refractivity contribution in [3.8, 4) is 5.75 Å². The number of rotatable bonds is 6. The van der Waals surface area contributed by atoms with Crippen LogP contribution < -0.4 is 9.46 Å². The number of carbonyl (C=O) groups is 1. The van der Waals surface area contributed by atoms with Crippen molar-refractivity contribution in [3.05, 3.63) is 24.3 Å². The van der Waals surface area contributed by atoms with Crippen molar-refractivity contribution < 1.29 is 32.9 Å². The molecule has 4 saturated carbocycles. The fourth-order valence-electron chi connectivity index (χ4n) is 9.74. The number of ether oxygens (including phenoxy) is 2. The number of benzene rings is 1. The molecule has 4 fully saturated rings. The first-order valence-corrected chi connectivity index (χ1v) is 17.4. The number of aliphatic hydroxyl groups is 2. The first-order valence-electron chi connectivity index (χ1n) is 15.9. The van der Waals surface area contributed by atoms with E-state index in [1.165, 1.54) is 12.1 Å². The van der Waals surface area contributed by atoms with Crippen molar-refractivity contribution in [3.63, 3.8) is 0 Å². The van der Waals surface area contributed by atoms with E-state index in [9.17, 15) is 23.4 Å². The molecule has 0 aliphatic heterocycles. The van der Waals surface area contributed by atoms with Gasteiger partial charge in [-0.05, 0) is 143 Å². The van der Waals surface area contributed by atoms with E-state index >= 15 is 0 Å². The molecule has 4 aliphatic carbocycles. The molecular weight excluding hydrogens is 554 g/mol. The summed E-state index contributed by atoms with van der Waals surface area (Å²) in [6.07, 6.45) is 6.19. The molecule has 5 rings (SSSR count). The van der Waals surface area contributed by atoms with Gasteiger partial charge in [-0.3, -0.25) is 0 Å². The van der Waals surface area contributed by atoms with E-state index < -0.39 is 21.7 Å². The lowest BCUT2D eigenvalue weighted by Gasteiger charge is -2.62. The van der Waals surface area contributed by atoms with Crippen molar-refractivity contribution in [1.82, 2.24) is 4.72 Å². The molecule has 0 saturated heterocycles. The van der Waals surface area contributed by atoms with E-state index in [0.29, 0.717) is 29.4 Å². The first kappa shape index (κ1) is 31.6. The fraction of sp³-hybridized carbons (Fsp3) is 0.788. The van der Waals surface area contributed by atoms with Crippen LogP contribution in [-0.2, 0) is 14.8 Å². The van der Waals surface area contributed by atoms with Gasteiger partial charge in [0.2, 0.25) is 0 Å². The Balaban J connectivity index is 1.19. The van der Waals surface area contributed by atoms with Crippen LogP contribution in [0.5, 0.6) is 5.75 Å². The third kappa shape index (κ3) is 5.94. The van der Waals surface area contributed by atoms with Crippen LogP contribution in [0, 0.1) is 46.3 Å². The minimum Gasteiger partial charge on any atom is -0.488 e. The van der Waals surface area contributed by atoms with Gasteiger partial charge in [-0.2, -0.15) is 0 Å². The maximum absolute atomic E-state index is 12.8. The van der Waals surface area contributed by atoms with Crippen molar-refractivity contribution in [2.45, 2.75) is 116 Å². The number of fused-ring (bicyclic) bond motifs is 5. The average Bonchev–Trinajstić information content (AvgIpc) is 3.24. The molecule has 1 amide bonds. The molecule has 0 unspecified atom stereocenters. The standard InChI is InChI=1S/C33H51NO7S/c1-20(19-40-30(37)34-42(38,39)24-9-7-23(8-10-24)41-31(2,3)4)25-11-12-26-29-27(14-16-33(25,26)6)32(5)15-13-22(35)17-21(32)18-28(29)36/h7-10,20-22,25-29,35-36H,11-19H2,1-6H3,(H,34,37)/t20-,21+,22-,25-,26+,27+,28-,29+,32+,33-/m1/s1. The molecule has 4 aliphatic rings. The van der Waals surface area contributed by atoms with E-state index in [0.717, 1.165) is 51.4 Å².